The second-order valence-corrected chi connectivity index (χ2v) is 10.5. The first kappa shape index (κ1) is 32.2. The number of esters is 4. The second kappa shape index (κ2) is 14.3. The lowest BCUT2D eigenvalue weighted by atomic mass is 9.99. The number of fused-ring (bicyclic) bond motifs is 3. The number of phenols is 1. The molecule has 2 unspecified atom stereocenters. The quantitative estimate of drug-likeness (QED) is 0.110. The molecular formula is C37H30O10. The lowest BCUT2D eigenvalue weighted by Gasteiger charge is -2.17. The lowest BCUT2D eigenvalue weighted by Crippen LogP contribution is -2.30. The topological polar surface area (TPSA) is 135 Å². The third-order valence-electron chi connectivity index (χ3n) is 7.35. The van der Waals surface area contributed by atoms with Crippen molar-refractivity contribution in [1.29, 1.82) is 0 Å². The van der Waals surface area contributed by atoms with Crippen LogP contribution in [0.1, 0.15) is 44.7 Å². The summed E-state index contributed by atoms with van der Waals surface area (Å²) in [6.07, 6.45) is 1.08. The highest BCUT2D eigenvalue weighted by Crippen LogP contribution is 2.47. The molecule has 1 aliphatic rings. The van der Waals surface area contributed by atoms with Crippen LogP contribution in [0, 0.1) is 0 Å². The van der Waals surface area contributed by atoms with Gasteiger partial charge in [-0.15, -0.1) is 0 Å². The molecule has 0 saturated carbocycles. The van der Waals surface area contributed by atoms with Crippen molar-refractivity contribution in [2.24, 2.45) is 0 Å². The van der Waals surface area contributed by atoms with Crippen LogP contribution in [0.25, 0.3) is 11.1 Å². The van der Waals surface area contributed by atoms with Crippen molar-refractivity contribution in [3.8, 4) is 34.1 Å². The Kier molecular flexibility index (Phi) is 9.81. The fourth-order valence-electron chi connectivity index (χ4n) is 4.95. The minimum Gasteiger partial charge on any atom is -0.508 e. The van der Waals surface area contributed by atoms with E-state index in [4.69, 9.17) is 23.7 Å². The molecule has 4 aromatic rings. The van der Waals surface area contributed by atoms with Gasteiger partial charge in [-0.1, -0.05) is 32.2 Å². The number of ether oxygens (including phenoxy) is 5. The molecule has 0 bridgehead atoms. The second-order valence-electron chi connectivity index (χ2n) is 10.5. The third-order valence-corrected chi connectivity index (χ3v) is 7.35. The van der Waals surface area contributed by atoms with Crippen LogP contribution in [0.15, 0.2) is 110 Å². The molecule has 0 fully saturated rings. The summed E-state index contributed by atoms with van der Waals surface area (Å²) in [5.74, 6) is -1.34. The molecule has 4 aromatic carbocycles. The molecule has 10 nitrogen and oxygen atoms in total. The van der Waals surface area contributed by atoms with Crippen molar-refractivity contribution in [1.82, 2.24) is 0 Å². The largest absolute Gasteiger partial charge is 0.508 e. The molecule has 238 valence electrons. The molecular weight excluding hydrogens is 604 g/mol. The first-order valence-electron chi connectivity index (χ1n) is 14.5. The molecule has 1 aliphatic carbocycles. The van der Waals surface area contributed by atoms with Gasteiger partial charge in [-0.2, -0.15) is 0 Å². The molecule has 10 heteroatoms. The minimum absolute atomic E-state index is 0.0573. The van der Waals surface area contributed by atoms with Crippen molar-refractivity contribution in [2.45, 2.75) is 18.9 Å². The van der Waals surface area contributed by atoms with E-state index in [2.05, 4.69) is 13.2 Å². The predicted molar refractivity (Wildman–Crippen MR) is 171 cm³/mol. The summed E-state index contributed by atoms with van der Waals surface area (Å²) in [7, 11) is 0. The highest BCUT2D eigenvalue weighted by atomic mass is 16.6. The van der Waals surface area contributed by atoms with Crippen molar-refractivity contribution in [3.05, 3.63) is 132 Å². The Labute approximate surface area is 270 Å². The van der Waals surface area contributed by atoms with E-state index < -0.39 is 30.0 Å². The summed E-state index contributed by atoms with van der Waals surface area (Å²) in [6.45, 7) is 8.33. The van der Waals surface area contributed by atoms with Crippen LogP contribution in [0.4, 0.5) is 0 Å². The van der Waals surface area contributed by atoms with E-state index in [1.807, 2.05) is 31.2 Å². The molecule has 0 heterocycles. The molecule has 1 N–H and O–H groups in total. The zero-order chi connectivity index (χ0) is 33.5. The number of carbonyl (C=O) groups excluding carboxylic acids is 4. The monoisotopic (exact) mass is 634 g/mol. The Morgan fingerprint density at radius 1 is 0.702 bits per heavy atom. The summed E-state index contributed by atoms with van der Waals surface area (Å²) < 4.78 is 27.0. The fourth-order valence-corrected chi connectivity index (χ4v) is 4.95. The minimum atomic E-state index is -0.894. The van der Waals surface area contributed by atoms with Gasteiger partial charge in [-0.25, -0.2) is 19.2 Å². The highest BCUT2D eigenvalue weighted by molar-refractivity contribution is 5.92. The summed E-state index contributed by atoms with van der Waals surface area (Å²) in [5.41, 5.74) is 4.50. The van der Waals surface area contributed by atoms with Gasteiger partial charge in [-0.3, -0.25) is 0 Å². The summed E-state index contributed by atoms with van der Waals surface area (Å²) in [4.78, 5) is 48.5. The van der Waals surface area contributed by atoms with Crippen molar-refractivity contribution < 1.29 is 48.0 Å². The lowest BCUT2D eigenvalue weighted by molar-refractivity contribution is -0.154. The zero-order valence-corrected chi connectivity index (χ0v) is 25.3. The van der Waals surface area contributed by atoms with Crippen LogP contribution in [-0.4, -0.2) is 48.3 Å². The molecule has 0 aliphatic heterocycles. The van der Waals surface area contributed by atoms with Crippen LogP contribution in [0.2, 0.25) is 0 Å². The SMILES string of the molecule is C=CC(=O)OCC(COc1ccc(C(=O)Oc2ccc3c(c2)C(C)c2cc(OC(=O)c4ccc(O)cc4)ccc2-3)cc1)OC(=O)C=C. The normalized spacial score (nSPS) is 13.3. The van der Waals surface area contributed by atoms with Crippen molar-refractivity contribution >= 4 is 23.9 Å². The molecule has 0 spiro atoms. The van der Waals surface area contributed by atoms with Crippen LogP contribution in [0.3, 0.4) is 0 Å². The van der Waals surface area contributed by atoms with Gasteiger partial charge in [0.15, 0.2) is 6.10 Å². The van der Waals surface area contributed by atoms with Gasteiger partial charge in [0.1, 0.15) is 36.2 Å². The number of benzene rings is 4. The van der Waals surface area contributed by atoms with Crippen LogP contribution < -0.4 is 14.2 Å². The van der Waals surface area contributed by atoms with Crippen LogP contribution in [0.5, 0.6) is 23.0 Å². The van der Waals surface area contributed by atoms with E-state index in [0.29, 0.717) is 22.8 Å². The van der Waals surface area contributed by atoms with Gasteiger partial charge in [0.25, 0.3) is 0 Å². The molecule has 0 radical (unpaired) electrons. The maximum absolute atomic E-state index is 13.0. The highest BCUT2D eigenvalue weighted by Gasteiger charge is 2.27. The summed E-state index contributed by atoms with van der Waals surface area (Å²) in [6, 6.07) is 22.9. The summed E-state index contributed by atoms with van der Waals surface area (Å²) >= 11 is 0. The number of hydrogen-bond acceptors (Lipinski definition) is 10. The van der Waals surface area contributed by atoms with Crippen molar-refractivity contribution in [3.63, 3.8) is 0 Å². The number of hydrogen-bond donors (Lipinski definition) is 1. The third kappa shape index (κ3) is 7.74. The van der Waals surface area contributed by atoms with E-state index >= 15 is 0 Å². The van der Waals surface area contributed by atoms with Gasteiger partial charge < -0.3 is 28.8 Å². The first-order valence-corrected chi connectivity index (χ1v) is 14.5. The van der Waals surface area contributed by atoms with Gasteiger partial charge in [-0.05, 0) is 95.1 Å². The molecule has 47 heavy (non-hydrogen) atoms. The number of rotatable bonds is 12. The predicted octanol–water partition coefficient (Wildman–Crippen LogP) is 6.17. The molecule has 0 amide bonds. The maximum atomic E-state index is 13.0. The molecule has 5 rings (SSSR count). The van der Waals surface area contributed by atoms with E-state index in [1.165, 1.54) is 36.4 Å². The number of aromatic hydroxyl groups is 1. The Balaban J connectivity index is 1.20. The zero-order valence-electron chi connectivity index (χ0n) is 25.3. The number of carbonyl (C=O) groups is 4. The number of phenolic OH excluding ortho intramolecular Hbond substituents is 1. The van der Waals surface area contributed by atoms with Crippen LogP contribution in [-0.2, 0) is 19.1 Å². The first-order chi connectivity index (χ1) is 22.6. The van der Waals surface area contributed by atoms with Gasteiger partial charge in [0.05, 0.1) is 11.1 Å². The van der Waals surface area contributed by atoms with E-state index in [9.17, 15) is 24.3 Å². The van der Waals surface area contributed by atoms with Gasteiger partial charge >= 0.3 is 23.9 Å². The molecule has 0 saturated heterocycles. The average Bonchev–Trinajstić information content (AvgIpc) is 3.36. The van der Waals surface area contributed by atoms with Crippen molar-refractivity contribution in [2.75, 3.05) is 13.2 Å². The standard InChI is InChI=1S/C37H30O10/c1-4-34(39)44-21-29(45-35(40)5-2)20-43-26-12-8-24(9-13-26)37(42)47-28-15-17-31-30-16-14-27(18-32(30)22(3)33(31)19-28)46-36(41)23-6-10-25(38)11-7-23/h4-19,22,29,38H,1-2,20-21H2,3H3. The van der Waals surface area contributed by atoms with Crippen LogP contribution >= 0.6 is 0 Å². The Morgan fingerprint density at radius 2 is 1.19 bits per heavy atom. The summed E-state index contributed by atoms with van der Waals surface area (Å²) in [5, 5.41) is 9.47. The van der Waals surface area contributed by atoms with E-state index in [-0.39, 0.29) is 30.4 Å². The Bertz CT molecular complexity index is 1840. The molecule has 0 aromatic heterocycles. The van der Waals surface area contributed by atoms with E-state index in [1.54, 1.807) is 24.3 Å². The Hall–Kier alpha value is -6.16. The van der Waals surface area contributed by atoms with E-state index in [0.717, 1.165) is 34.4 Å². The Morgan fingerprint density at radius 3 is 1.70 bits per heavy atom. The van der Waals surface area contributed by atoms with Gasteiger partial charge in [0, 0.05) is 18.1 Å². The fraction of sp³-hybridized carbons (Fsp3) is 0.135. The maximum Gasteiger partial charge on any atom is 0.343 e. The average molecular weight is 635 g/mol. The smallest absolute Gasteiger partial charge is 0.343 e. The molecule has 2 atom stereocenters. The van der Waals surface area contributed by atoms with Gasteiger partial charge in [0.2, 0.25) is 0 Å².